The summed E-state index contributed by atoms with van der Waals surface area (Å²) in [7, 11) is 1.85. The van der Waals surface area contributed by atoms with Gasteiger partial charge in [-0.3, -0.25) is 0 Å². The van der Waals surface area contributed by atoms with Crippen LogP contribution in [-0.4, -0.2) is 59.7 Å². The van der Waals surface area contributed by atoms with Crippen molar-refractivity contribution < 1.29 is 33.2 Å². The summed E-state index contributed by atoms with van der Waals surface area (Å²) < 4.78 is 34.4. The Morgan fingerprint density at radius 2 is 1.85 bits per heavy atom. The van der Waals surface area contributed by atoms with E-state index >= 15 is 0 Å². The van der Waals surface area contributed by atoms with E-state index in [1.807, 2.05) is 19.9 Å². The number of carbonyl (C=O) groups is 1. The number of hydrogen-bond acceptors (Lipinski definition) is 7. The van der Waals surface area contributed by atoms with Gasteiger partial charge in [0.2, 0.25) is 0 Å². The predicted molar refractivity (Wildman–Crippen MR) is 134 cm³/mol. The van der Waals surface area contributed by atoms with Gasteiger partial charge < -0.3 is 28.4 Å². The lowest BCUT2D eigenvalue weighted by molar-refractivity contribution is -0.147. The maximum absolute atomic E-state index is 13.3. The van der Waals surface area contributed by atoms with Gasteiger partial charge in [-0.1, -0.05) is 26.6 Å². The van der Waals surface area contributed by atoms with Crippen LogP contribution in [0.25, 0.3) is 0 Å². The Bertz CT molecular complexity index is 848. The largest absolute Gasteiger partial charge is 0.497 e. The first-order valence-corrected chi connectivity index (χ1v) is 16.0. The van der Waals surface area contributed by atoms with Crippen molar-refractivity contribution in [2.45, 2.75) is 89.6 Å². The Morgan fingerprint density at radius 1 is 1.15 bits per heavy atom. The molecule has 0 radical (unpaired) electrons. The molecular formula is C26H42O7Si. The fourth-order valence-corrected chi connectivity index (χ4v) is 5.35. The summed E-state index contributed by atoms with van der Waals surface area (Å²) in [5.41, 5.74) is 1.40. The van der Waals surface area contributed by atoms with E-state index in [1.54, 1.807) is 20.3 Å². The Labute approximate surface area is 205 Å². The van der Waals surface area contributed by atoms with E-state index in [-0.39, 0.29) is 30.9 Å². The topological polar surface area (TPSA) is 72.5 Å². The van der Waals surface area contributed by atoms with Crippen LogP contribution >= 0.6 is 0 Å². The maximum Gasteiger partial charge on any atom is 0.342 e. The van der Waals surface area contributed by atoms with Crippen LogP contribution in [0.1, 0.15) is 61.9 Å². The highest BCUT2D eigenvalue weighted by Gasteiger charge is 2.48. The Kier molecular flexibility index (Phi) is 8.71. The number of benzene rings is 1. The number of methoxy groups -OCH3 is 2. The Hall–Kier alpha value is -1.61. The lowest BCUT2D eigenvalue weighted by Crippen LogP contribution is -2.23. The smallest absolute Gasteiger partial charge is 0.342 e. The summed E-state index contributed by atoms with van der Waals surface area (Å²) >= 11 is 0. The molecule has 1 heterocycles. The number of rotatable bonds is 12. The molecule has 2 unspecified atom stereocenters. The molecule has 1 aliphatic heterocycles. The van der Waals surface area contributed by atoms with E-state index in [0.717, 1.165) is 30.9 Å². The van der Waals surface area contributed by atoms with Gasteiger partial charge in [-0.15, -0.1) is 0 Å². The third-order valence-corrected chi connectivity index (χ3v) is 8.21. The van der Waals surface area contributed by atoms with Crippen LogP contribution in [0.15, 0.2) is 12.1 Å². The molecule has 2 aliphatic rings. The van der Waals surface area contributed by atoms with E-state index in [4.69, 9.17) is 28.4 Å². The second-order valence-corrected chi connectivity index (χ2v) is 16.7. The highest BCUT2D eigenvalue weighted by molar-refractivity contribution is 6.76. The van der Waals surface area contributed by atoms with Gasteiger partial charge in [0.05, 0.1) is 25.9 Å². The molecule has 3 rings (SSSR count). The lowest BCUT2D eigenvalue weighted by atomic mass is 9.97. The molecule has 7 nitrogen and oxygen atoms in total. The normalized spacial score (nSPS) is 25.8. The van der Waals surface area contributed by atoms with Gasteiger partial charge in [0.1, 0.15) is 17.1 Å². The van der Waals surface area contributed by atoms with Crippen molar-refractivity contribution in [1.82, 2.24) is 0 Å². The van der Waals surface area contributed by atoms with Gasteiger partial charge in [0.25, 0.3) is 0 Å². The SMILES string of the molecule is CC[C@H]1OC(C)(C)O[C@@H]1CC1CC1c1cc(OC)cc(OCOC)c1C(=O)OCC[Si](C)(C)C. The fourth-order valence-electron chi connectivity index (χ4n) is 4.64. The molecule has 1 saturated heterocycles. The number of ether oxygens (including phenoxy) is 6. The van der Waals surface area contributed by atoms with Crippen molar-refractivity contribution in [3.8, 4) is 11.5 Å². The summed E-state index contributed by atoms with van der Waals surface area (Å²) in [5.74, 6) is 0.793. The molecular weight excluding hydrogens is 452 g/mol. The average Bonchev–Trinajstić information content (AvgIpc) is 3.45. The van der Waals surface area contributed by atoms with Crippen molar-refractivity contribution in [1.29, 1.82) is 0 Å². The highest BCUT2D eigenvalue weighted by atomic mass is 28.3. The monoisotopic (exact) mass is 494 g/mol. The minimum Gasteiger partial charge on any atom is -0.497 e. The van der Waals surface area contributed by atoms with Crippen molar-refractivity contribution >= 4 is 14.0 Å². The molecule has 1 saturated carbocycles. The van der Waals surface area contributed by atoms with Gasteiger partial charge in [-0.25, -0.2) is 4.79 Å². The second kappa shape index (κ2) is 11.0. The first-order valence-electron chi connectivity index (χ1n) is 12.3. The minimum absolute atomic E-state index is 0.0381. The van der Waals surface area contributed by atoms with Gasteiger partial charge >= 0.3 is 5.97 Å². The lowest BCUT2D eigenvalue weighted by Gasteiger charge is -2.19. The van der Waals surface area contributed by atoms with Crippen LogP contribution in [0.2, 0.25) is 25.7 Å². The molecule has 0 N–H and O–H groups in total. The number of esters is 1. The molecule has 192 valence electrons. The quantitative estimate of drug-likeness (QED) is 0.213. The average molecular weight is 495 g/mol. The van der Waals surface area contributed by atoms with Gasteiger partial charge in [0.15, 0.2) is 12.6 Å². The van der Waals surface area contributed by atoms with Crippen LogP contribution in [0.5, 0.6) is 11.5 Å². The summed E-state index contributed by atoms with van der Waals surface area (Å²) in [6, 6.07) is 4.60. The zero-order valence-corrected chi connectivity index (χ0v) is 23.1. The first-order chi connectivity index (χ1) is 16.0. The molecule has 8 heteroatoms. The third-order valence-electron chi connectivity index (χ3n) is 6.51. The van der Waals surface area contributed by atoms with Gasteiger partial charge in [-0.2, -0.15) is 0 Å². The van der Waals surface area contributed by atoms with Crippen molar-refractivity contribution in [3.05, 3.63) is 23.3 Å². The molecule has 2 fully saturated rings. The number of hydrogen-bond donors (Lipinski definition) is 0. The van der Waals surface area contributed by atoms with Crippen molar-refractivity contribution in [3.63, 3.8) is 0 Å². The van der Waals surface area contributed by atoms with Crippen LogP contribution in [0, 0.1) is 5.92 Å². The summed E-state index contributed by atoms with van der Waals surface area (Å²) in [6.45, 7) is 13.3. The third kappa shape index (κ3) is 6.96. The van der Waals surface area contributed by atoms with Crippen LogP contribution < -0.4 is 9.47 Å². The molecule has 34 heavy (non-hydrogen) atoms. The molecule has 1 aromatic carbocycles. The zero-order chi connectivity index (χ0) is 25.1. The molecule has 1 aromatic rings. The molecule has 0 bridgehead atoms. The Balaban J connectivity index is 1.83. The van der Waals surface area contributed by atoms with Gasteiger partial charge in [-0.05, 0) is 62.6 Å². The molecule has 1 aliphatic carbocycles. The molecule has 0 spiro atoms. The van der Waals surface area contributed by atoms with Crippen LogP contribution in [0.4, 0.5) is 0 Å². The van der Waals surface area contributed by atoms with Crippen LogP contribution in [0.3, 0.4) is 0 Å². The van der Waals surface area contributed by atoms with E-state index < -0.39 is 13.9 Å². The van der Waals surface area contributed by atoms with E-state index in [1.165, 1.54) is 0 Å². The van der Waals surface area contributed by atoms with E-state index in [9.17, 15) is 4.79 Å². The predicted octanol–water partition coefficient (Wildman–Crippen LogP) is 5.60. The fraction of sp³-hybridized carbons (Fsp3) is 0.731. The highest BCUT2D eigenvalue weighted by Crippen LogP contribution is 2.54. The molecule has 4 atom stereocenters. The second-order valence-electron chi connectivity index (χ2n) is 11.0. The van der Waals surface area contributed by atoms with E-state index in [2.05, 4.69) is 26.6 Å². The summed E-state index contributed by atoms with van der Waals surface area (Å²) in [6.07, 6.45) is 2.92. The zero-order valence-electron chi connectivity index (χ0n) is 22.1. The first kappa shape index (κ1) is 27.0. The minimum atomic E-state index is -1.33. The molecule has 0 aromatic heterocycles. The number of carbonyl (C=O) groups excluding carboxylic acids is 1. The van der Waals surface area contributed by atoms with Crippen molar-refractivity contribution in [2.24, 2.45) is 5.92 Å². The Morgan fingerprint density at radius 3 is 2.47 bits per heavy atom. The van der Waals surface area contributed by atoms with Crippen LogP contribution in [-0.2, 0) is 18.9 Å². The van der Waals surface area contributed by atoms with Gasteiger partial charge in [0, 0.05) is 21.3 Å². The summed E-state index contributed by atoms with van der Waals surface area (Å²) in [4.78, 5) is 13.3. The standard InChI is InChI=1S/C26H42O7Si/c1-9-21-22(33-26(2,3)32-21)13-17-12-19(17)20-14-18(29-5)15-23(31-16-28-4)24(20)25(27)30-10-11-34(6,7)8/h14-15,17,19,21-22H,9-13,16H2,1-8H3/t17?,19?,21-,22-/m1/s1. The maximum atomic E-state index is 13.3. The van der Waals surface area contributed by atoms with Crippen molar-refractivity contribution in [2.75, 3.05) is 27.6 Å². The summed E-state index contributed by atoms with van der Waals surface area (Å²) in [5, 5.41) is 0. The molecule has 0 amide bonds. The van der Waals surface area contributed by atoms with E-state index in [0.29, 0.717) is 29.6 Å².